The van der Waals surface area contributed by atoms with Crippen LogP contribution >= 0.6 is 0 Å². The quantitative estimate of drug-likeness (QED) is 0.702. The van der Waals surface area contributed by atoms with Crippen LogP contribution in [0.15, 0.2) is 24.4 Å². The lowest BCUT2D eigenvalue weighted by Crippen LogP contribution is -2.53. The molecule has 3 aliphatic rings. The number of aryl methyl sites for hydroxylation is 1. The van der Waals surface area contributed by atoms with Crippen molar-refractivity contribution >= 4 is 17.0 Å². The first-order chi connectivity index (χ1) is 13.9. The highest BCUT2D eigenvalue weighted by Crippen LogP contribution is 2.51. The summed E-state index contributed by atoms with van der Waals surface area (Å²) in [4.78, 5) is 8.25. The molecule has 0 radical (unpaired) electrons. The molecule has 0 amide bonds. The molecule has 7 nitrogen and oxygen atoms in total. The minimum Gasteiger partial charge on any atom is -0.490 e. The lowest BCUT2D eigenvalue weighted by atomic mass is 9.58. The molecular weight excluding hydrogens is 371 g/mol. The highest BCUT2D eigenvalue weighted by atomic mass is 19.1. The van der Waals surface area contributed by atoms with Crippen LogP contribution in [0.2, 0.25) is 0 Å². The molecule has 29 heavy (non-hydrogen) atoms. The zero-order valence-electron chi connectivity index (χ0n) is 16.5. The molecule has 0 atom stereocenters. The number of nitrogens with two attached hydrogens (primary N) is 2. The van der Waals surface area contributed by atoms with Crippen molar-refractivity contribution in [2.24, 2.45) is 18.2 Å². The Labute approximate surface area is 168 Å². The summed E-state index contributed by atoms with van der Waals surface area (Å²) in [5, 5.41) is 5.19. The second kappa shape index (κ2) is 6.38. The van der Waals surface area contributed by atoms with Crippen LogP contribution < -0.4 is 16.2 Å². The van der Waals surface area contributed by atoms with E-state index in [2.05, 4.69) is 15.1 Å². The maximum absolute atomic E-state index is 14.8. The van der Waals surface area contributed by atoms with E-state index in [1.54, 1.807) is 24.0 Å². The number of rotatable bonds is 4. The van der Waals surface area contributed by atoms with Crippen molar-refractivity contribution < 1.29 is 9.13 Å². The van der Waals surface area contributed by atoms with Gasteiger partial charge in [-0.05, 0) is 56.7 Å². The number of fused-ring (bicyclic) bond motifs is 4. The van der Waals surface area contributed by atoms with Gasteiger partial charge in [-0.1, -0.05) is 0 Å². The number of nitrogen functional groups attached to an aromatic ring is 1. The number of ether oxygens (including phenoxy) is 1. The fraction of sp³-hybridized carbons (Fsp3) is 0.476. The Morgan fingerprint density at radius 3 is 2.59 bits per heavy atom. The number of benzene rings is 1. The van der Waals surface area contributed by atoms with E-state index in [1.165, 1.54) is 6.07 Å². The molecule has 2 aromatic heterocycles. The number of hydrogen-bond acceptors (Lipinski definition) is 6. The number of aromatic nitrogens is 4. The molecule has 4 N–H and O–H groups in total. The van der Waals surface area contributed by atoms with Gasteiger partial charge in [-0.3, -0.25) is 0 Å². The highest BCUT2D eigenvalue weighted by Gasteiger charge is 2.47. The summed E-state index contributed by atoms with van der Waals surface area (Å²) in [5.74, 6) is 0.0616. The van der Waals surface area contributed by atoms with E-state index in [1.807, 2.05) is 6.07 Å². The Kier molecular flexibility index (Phi) is 4.03. The lowest BCUT2D eigenvalue weighted by molar-refractivity contribution is 0.00432. The average Bonchev–Trinajstić information content (AvgIpc) is 3.04. The first kappa shape index (κ1) is 18.3. The minimum atomic E-state index is -0.395. The molecule has 0 aliphatic heterocycles. The summed E-state index contributed by atoms with van der Waals surface area (Å²) < 4.78 is 22.4. The molecule has 152 valence electrons. The Hall–Kier alpha value is -2.74. The number of hydrogen-bond donors (Lipinski definition) is 2. The summed E-state index contributed by atoms with van der Waals surface area (Å²) >= 11 is 0. The summed E-state index contributed by atoms with van der Waals surface area (Å²) in [6, 6.07) is 4.96. The predicted molar refractivity (Wildman–Crippen MR) is 109 cm³/mol. The first-order valence-corrected chi connectivity index (χ1v) is 10.0. The maximum Gasteiger partial charge on any atom is 0.222 e. The van der Waals surface area contributed by atoms with Gasteiger partial charge in [0.25, 0.3) is 0 Å². The van der Waals surface area contributed by atoms with Gasteiger partial charge in [-0.25, -0.2) is 14.1 Å². The van der Waals surface area contributed by atoms with Crippen LogP contribution in [0.4, 0.5) is 10.3 Å². The molecular formula is C21H25FN6O. The van der Waals surface area contributed by atoms with E-state index in [4.69, 9.17) is 16.2 Å². The van der Waals surface area contributed by atoms with E-state index in [-0.39, 0.29) is 22.7 Å². The Balaban J connectivity index is 1.37. The molecule has 0 unspecified atom stereocenters. The van der Waals surface area contributed by atoms with Gasteiger partial charge in [0.2, 0.25) is 5.95 Å². The first-order valence-electron chi connectivity index (χ1n) is 10.0. The molecule has 3 fully saturated rings. The topological polar surface area (TPSA) is 105 Å². The number of nitrogens with zero attached hydrogens (tertiary/aromatic N) is 4. The van der Waals surface area contributed by atoms with Gasteiger partial charge >= 0.3 is 0 Å². The van der Waals surface area contributed by atoms with Crippen LogP contribution in [0, 0.1) is 11.2 Å². The standard InChI is InChI=1S/C21H25FN6O/c1-28-18-14(11-25-19(23)26-18)17(27-28)13-2-3-16(15(22)10-13)29-12-20-4-7-21(24,8-5-20)9-6-20/h2-3,10-11H,4-9,12,24H2,1H3,(H2,23,25,26). The van der Waals surface area contributed by atoms with Crippen molar-refractivity contribution in [1.29, 1.82) is 0 Å². The van der Waals surface area contributed by atoms with E-state index in [0.717, 1.165) is 43.9 Å². The van der Waals surface area contributed by atoms with Crippen LogP contribution in [-0.4, -0.2) is 31.9 Å². The third-order valence-electron chi connectivity index (χ3n) is 6.80. The van der Waals surface area contributed by atoms with E-state index in [0.29, 0.717) is 23.5 Å². The molecule has 3 aliphatic carbocycles. The highest BCUT2D eigenvalue weighted by molar-refractivity contribution is 5.91. The van der Waals surface area contributed by atoms with Crippen molar-refractivity contribution in [3.8, 4) is 17.0 Å². The third-order valence-corrected chi connectivity index (χ3v) is 6.80. The molecule has 6 rings (SSSR count). The van der Waals surface area contributed by atoms with Gasteiger partial charge in [0, 0.05) is 29.8 Å². The van der Waals surface area contributed by atoms with E-state index < -0.39 is 5.82 Å². The Bertz CT molecular complexity index is 1070. The van der Waals surface area contributed by atoms with Gasteiger partial charge in [0.1, 0.15) is 5.69 Å². The molecule has 8 heteroatoms. The van der Waals surface area contributed by atoms with Crippen LogP contribution in [0.3, 0.4) is 0 Å². The molecule has 0 saturated heterocycles. The van der Waals surface area contributed by atoms with Crippen LogP contribution in [-0.2, 0) is 7.05 Å². The zero-order valence-corrected chi connectivity index (χ0v) is 16.5. The van der Waals surface area contributed by atoms with Crippen LogP contribution in [0.1, 0.15) is 38.5 Å². The van der Waals surface area contributed by atoms with Crippen molar-refractivity contribution in [3.63, 3.8) is 0 Å². The SMILES string of the molecule is Cn1nc(-c2ccc(OCC34CCC(N)(CC3)CC4)c(F)c2)c2cnc(N)nc21. The zero-order chi connectivity index (χ0) is 20.2. The van der Waals surface area contributed by atoms with Crippen molar-refractivity contribution in [1.82, 2.24) is 19.7 Å². The number of anilines is 1. The van der Waals surface area contributed by atoms with E-state index in [9.17, 15) is 4.39 Å². The van der Waals surface area contributed by atoms with E-state index >= 15 is 0 Å². The number of halogens is 1. The smallest absolute Gasteiger partial charge is 0.222 e. The van der Waals surface area contributed by atoms with Crippen molar-refractivity contribution in [3.05, 3.63) is 30.2 Å². The largest absolute Gasteiger partial charge is 0.490 e. The molecule has 1 aromatic carbocycles. The molecule has 2 bridgehead atoms. The second-order valence-electron chi connectivity index (χ2n) is 8.73. The molecule has 0 spiro atoms. The van der Waals surface area contributed by atoms with Gasteiger partial charge in [0.15, 0.2) is 17.2 Å². The van der Waals surface area contributed by atoms with Gasteiger partial charge in [-0.2, -0.15) is 10.1 Å². The monoisotopic (exact) mass is 396 g/mol. The van der Waals surface area contributed by atoms with Gasteiger partial charge < -0.3 is 16.2 Å². The average molecular weight is 396 g/mol. The van der Waals surface area contributed by atoms with Crippen LogP contribution in [0.25, 0.3) is 22.3 Å². The van der Waals surface area contributed by atoms with Crippen LogP contribution in [0.5, 0.6) is 5.75 Å². The molecule has 3 aromatic rings. The molecule has 3 saturated carbocycles. The fourth-order valence-electron chi connectivity index (χ4n) is 4.77. The summed E-state index contributed by atoms with van der Waals surface area (Å²) in [6.07, 6.45) is 7.92. The minimum absolute atomic E-state index is 0.0223. The second-order valence-corrected chi connectivity index (χ2v) is 8.73. The maximum atomic E-state index is 14.8. The van der Waals surface area contributed by atoms with Crippen molar-refractivity contribution in [2.75, 3.05) is 12.3 Å². The van der Waals surface area contributed by atoms with Gasteiger partial charge in [0.05, 0.1) is 12.0 Å². The third kappa shape index (κ3) is 3.11. The van der Waals surface area contributed by atoms with Gasteiger partial charge in [-0.15, -0.1) is 0 Å². The Morgan fingerprint density at radius 2 is 1.90 bits per heavy atom. The summed E-state index contributed by atoms with van der Waals surface area (Å²) in [5.41, 5.74) is 14.1. The molecule has 2 heterocycles. The van der Waals surface area contributed by atoms with Crippen molar-refractivity contribution in [2.45, 2.75) is 44.1 Å². The fourth-order valence-corrected chi connectivity index (χ4v) is 4.77. The Morgan fingerprint density at radius 1 is 1.17 bits per heavy atom. The summed E-state index contributed by atoms with van der Waals surface area (Å²) in [6.45, 7) is 0.541. The predicted octanol–water partition coefficient (Wildman–Crippen LogP) is 3.18. The normalized spacial score (nSPS) is 26.2. The summed E-state index contributed by atoms with van der Waals surface area (Å²) in [7, 11) is 1.77. The lowest BCUT2D eigenvalue weighted by Gasteiger charge is -2.51.